The smallest absolute Gasteiger partial charge is 0.143 e. The second-order valence-corrected chi connectivity index (χ2v) is 13.5. The van der Waals surface area contributed by atoms with E-state index in [2.05, 4.69) is 176 Å². The Kier molecular flexibility index (Phi) is 5.92. The molecule has 0 spiro atoms. The molecular weight excluding hydrogens is 597 g/mol. The van der Waals surface area contributed by atoms with Crippen LogP contribution in [0.25, 0.3) is 66.0 Å². The standard InChI is InChI=1S/C46H32N2O/c1-46(2)36-21-11-13-23-39(36)48(31-17-7-4-8-18-31)40-26-25-30(27-37(40)46)34-28-35-42(43-33-20-10-14-24-41(33)49-45(34)43)32-19-9-12-22-38(32)47-44(35)29-15-5-3-6-16-29/h3-28H,1-2H3. The van der Waals surface area contributed by atoms with Gasteiger partial charge in [0.2, 0.25) is 0 Å². The molecule has 0 amide bonds. The first kappa shape index (κ1) is 27.9. The SMILES string of the molecule is CC1(C)c2ccccc2N(c2ccccc2)c2ccc(-c3cc4c(-c5ccccc5)nc5ccccc5c4c4c3oc3ccccc34)cc21. The molecule has 0 atom stereocenters. The van der Waals surface area contributed by atoms with Gasteiger partial charge in [-0.15, -0.1) is 0 Å². The second kappa shape index (κ2) is 10.4. The summed E-state index contributed by atoms with van der Waals surface area (Å²) < 4.78 is 6.85. The van der Waals surface area contributed by atoms with Crippen molar-refractivity contribution in [2.45, 2.75) is 19.3 Å². The number of aromatic nitrogens is 1. The van der Waals surface area contributed by atoms with Crippen molar-refractivity contribution in [1.29, 1.82) is 0 Å². The lowest BCUT2D eigenvalue weighted by molar-refractivity contribution is 0.632. The molecule has 0 fully saturated rings. The normalized spacial score (nSPS) is 13.6. The molecule has 49 heavy (non-hydrogen) atoms. The van der Waals surface area contributed by atoms with Crippen LogP contribution in [0.1, 0.15) is 25.0 Å². The van der Waals surface area contributed by atoms with Gasteiger partial charge in [0.15, 0.2) is 0 Å². The number of pyridine rings is 1. The summed E-state index contributed by atoms with van der Waals surface area (Å²) in [5, 5.41) is 5.67. The van der Waals surface area contributed by atoms with Gasteiger partial charge in [-0.2, -0.15) is 0 Å². The average molecular weight is 629 g/mol. The highest BCUT2D eigenvalue weighted by molar-refractivity contribution is 6.30. The molecule has 2 aromatic heterocycles. The lowest BCUT2D eigenvalue weighted by Gasteiger charge is -2.42. The molecule has 0 unspecified atom stereocenters. The van der Waals surface area contributed by atoms with Crippen LogP contribution in [0.5, 0.6) is 0 Å². The Labute approximate surface area is 284 Å². The van der Waals surface area contributed by atoms with Crippen LogP contribution in [0.4, 0.5) is 17.1 Å². The topological polar surface area (TPSA) is 29.3 Å². The predicted molar refractivity (Wildman–Crippen MR) is 204 cm³/mol. The Balaban J connectivity index is 1.32. The first-order valence-electron chi connectivity index (χ1n) is 16.9. The van der Waals surface area contributed by atoms with E-state index in [1.165, 1.54) is 27.9 Å². The molecule has 9 aromatic rings. The Morgan fingerprint density at radius 1 is 0.531 bits per heavy atom. The van der Waals surface area contributed by atoms with E-state index >= 15 is 0 Å². The van der Waals surface area contributed by atoms with Crippen LogP contribution in [0.2, 0.25) is 0 Å². The van der Waals surface area contributed by atoms with E-state index in [-0.39, 0.29) is 5.41 Å². The fourth-order valence-electron chi connectivity index (χ4n) is 8.09. The number of rotatable bonds is 3. The lowest BCUT2D eigenvalue weighted by Crippen LogP contribution is -2.30. The summed E-state index contributed by atoms with van der Waals surface area (Å²) in [5.41, 5.74) is 12.9. The van der Waals surface area contributed by atoms with Gasteiger partial charge in [0, 0.05) is 49.2 Å². The van der Waals surface area contributed by atoms with Gasteiger partial charge in [0.1, 0.15) is 11.2 Å². The van der Waals surface area contributed by atoms with Crippen molar-refractivity contribution >= 4 is 60.7 Å². The van der Waals surface area contributed by atoms with E-state index in [0.29, 0.717) is 0 Å². The third-order valence-electron chi connectivity index (χ3n) is 10.4. The van der Waals surface area contributed by atoms with Crippen molar-refractivity contribution in [2.75, 3.05) is 4.90 Å². The van der Waals surface area contributed by atoms with Crippen molar-refractivity contribution in [3.8, 4) is 22.4 Å². The predicted octanol–water partition coefficient (Wildman–Crippen LogP) is 12.7. The monoisotopic (exact) mass is 628 g/mol. The van der Waals surface area contributed by atoms with E-state index < -0.39 is 0 Å². The van der Waals surface area contributed by atoms with Gasteiger partial charge < -0.3 is 9.32 Å². The van der Waals surface area contributed by atoms with Gasteiger partial charge in [-0.3, -0.25) is 0 Å². The minimum Gasteiger partial charge on any atom is -0.455 e. The van der Waals surface area contributed by atoms with Crippen molar-refractivity contribution < 1.29 is 4.42 Å². The molecule has 1 aliphatic rings. The molecule has 10 rings (SSSR count). The molecule has 232 valence electrons. The molecule has 0 saturated carbocycles. The summed E-state index contributed by atoms with van der Waals surface area (Å²) in [6.07, 6.45) is 0. The summed E-state index contributed by atoms with van der Waals surface area (Å²) >= 11 is 0. The largest absolute Gasteiger partial charge is 0.455 e. The number of hydrogen-bond donors (Lipinski definition) is 0. The summed E-state index contributed by atoms with van der Waals surface area (Å²) in [6, 6.07) is 56.2. The number of hydrogen-bond acceptors (Lipinski definition) is 3. The number of anilines is 3. The molecular formula is C46H32N2O. The average Bonchev–Trinajstić information content (AvgIpc) is 3.55. The van der Waals surface area contributed by atoms with Gasteiger partial charge >= 0.3 is 0 Å². The van der Waals surface area contributed by atoms with Crippen molar-refractivity contribution in [2.24, 2.45) is 0 Å². The minimum atomic E-state index is -0.232. The number of fused-ring (bicyclic) bond motifs is 9. The molecule has 0 saturated heterocycles. The molecule has 3 heterocycles. The Bertz CT molecular complexity index is 2740. The van der Waals surface area contributed by atoms with Crippen LogP contribution in [0, 0.1) is 0 Å². The maximum atomic E-state index is 6.85. The Morgan fingerprint density at radius 2 is 1.20 bits per heavy atom. The maximum absolute atomic E-state index is 6.85. The van der Waals surface area contributed by atoms with Gasteiger partial charge in [-0.25, -0.2) is 4.98 Å². The fourth-order valence-corrected chi connectivity index (χ4v) is 8.09. The van der Waals surface area contributed by atoms with Crippen LogP contribution in [-0.2, 0) is 5.41 Å². The molecule has 3 nitrogen and oxygen atoms in total. The second-order valence-electron chi connectivity index (χ2n) is 13.5. The Morgan fingerprint density at radius 3 is 2.04 bits per heavy atom. The number of furan rings is 1. The molecule has 7 aromatic carbocycles. The maximum Gasteiger partial charge on any atom is 0.143 e. The highest BCUT2D eigenvalue weighted by atomic mass is 16.3. The van der Waals surface area contributed by atoms with Crippen molar-refractivity contribution in [3.05, 3.63) is 169 Å². The van der Waals surface area contributed by atoms with Crippen LogP contribution in [0.15, 0.2) is 162 Å². The van der Waals surface area contributed by atoms with E-state index in [1.807, 2.05) is 0 Å². The van der Waals surface area contributed by atoms with E-state index in [0.717, 1.165) is 66.3 Å². The third-order valence-corrected chi connectivity index (χ3v) is 10.4. The van der Waals surface area contributed by atoms with Crippen LogP contribution in [-0.4, -0.2) is 4.98 Å². The zero-order chi connectivity index (χ0) is 32.7. The molecule has 1 aliphatic heterocycles. The molecule has 0 bridgehead atoms. The number of benzene rings is 7. The highest BCUT2D eigenvalue weighted by Crippen LogP contribution is 2.53. The van der Waals surface area contributed by atoms with E-state index in [1.54, 1.807) is 0 Å². The number of nitrogens with zero attached hydrogens (tertiary/aromatic N) is 2. The summed E-state index contributed by atoms with van der Waals surface area (Å²) in [4.78, 5) is 7.71. The fraction of sp³-hybridized carbons (Fsp3) is 0.0652. The first-order valence-corrected chi connectivity index (χ1v) is 16.9. The molecule has 3 heteroatoms. The van der Waals surface area contributed by atoms with Gasteiger partial charge in [0.05, 0.1) is 22.6 Å². The first-order chi connectivity index (χ1) is 24.1. The third kappa shape index (κ3) is 4.06. The van der Waals surface area contributed by atoms with Crippen molar-refractivity contribution in [3.63, 3.8) is 0 Å². The van der Waals surface area contributed by atoms with Crippen molar-refractivity contribution in [1.82, 2.24) is 4.98 Å². The quantitative estimate of drug-likeness (QED) is 0.182. The summed E-state index contributed by atoms with van der Waals surface area (Å²) in [5.74, 6) is 0. The summed E-state index contributed by atoms with van der Waals surface area (Å²) in [6.45, 7) is 4.69. The van der Waals surface area contributed by atoms with Crippen LogP contribution in [0.3, 0.4) is 0 Å². The van der Waals surface area contributed by atoms with E-state index in [4.69, 9.17) is 9.40 Å². The lowest BCUT2D eigenvalue weighted by atomic mass is 9.73. The summed E-state index contributed by atoms with van der Waals surface area (Å²) in [7, 11) is 0. The number of para-hydroxylation sites is 4. The molecule has 0 N–H and O–H groups in total. The Hall–Kier alpha value is -6.19. The van der Waals surface area contributed by atoms with Crippen LogP contribution < -0.4 is 4.90 Å². The van der Waals surface area contributed by atoms with Crippen LogP contribution >= 0.6 is 0 Å². The molecule has 0 aliphatic carbocycles. The van der Waals surface area contributed by atoms with Gasteiger partial charge in [0.25, 0.3) is 0 Å². The van der Waals surface area contributed by atoms with E-state index in [9.17, 15) is 0 Å². The van der Waals surface area contributed by atoms with Gasteiger partial charge in [-0.05, 0) is 65.2 Å². The highest BCUT2D eigenvalue weighted by Gasteiger charge is 2.37. The zero-order valence-electron chi connectivity index (χ0n) is 27.3. The zero-order valence-corrected chi connectivity index (χ0v) is 27.3. The van der Waals surface area contributed by atoms with Gasteiger partial charge in [-0.1, -0.05) is 123 Å². The minimum absolute atomic E-state index is 0.232. The molecule has 0 radical (unpaired) electrons.